The van der Waals surface area contributed by atoms with Gasteiger partial charge in [-0.2, -0.15) is 0 Å². The number of amidine groups is 1. The van der Waals surface area contributed by atoms with Crippen molar-refractivity contribution in [3.05, 3.63) is 54.1 Å². The molecule has 2 N–H and O–H groups in total. The predicted molar refractivity (Wildman–Crippen MR) is 121 cm³/mol. The number of anilines is 2. The second-order valence-electron chi connectivity index (χ2n) is 9.29. The summed E-state index contributed by atoms with van der Waals surface area (Å²) >= 11 is 0. The molecule has 8 heteroatoms. The van der Waals surface area contributed by atoms with Crippen molar-refractivity contribution in [2.75, 3.05) is 30.3 Å². The average Bonchev–Trinajstić information content (AvgIpc) is 2.74. The van der Waals surface area contributed by atoms with Crippen molar-refractivity contribution in [3.8, 4) is 5.75 Å². The first-order valence-corrected chi connectivity index (χ1v) is 10.8. The monoisotopic (exact) mass is 442 g/mol. The molecule has 0 aromatic heterocycles. The maximum Gasteiger partial charge on any atom is 0.260 e. The van der Waals surface area contributed by atoms with Crippen LogP contribution in [-0.2, 0) is 4.79 Å². The third kappa shape index (κ3) is 4.69. The van der Waals surface area contributed by atoms with Gasteiger partial charge in [-0.15, -0.1) is 0 Å². The van der Waals surface area contributed by atoms with Gasteiger partial charge in [0.15, 0.2) is 18.2 Å². The van der Waals surface area contributed by atoms with Gasteiger partial charge in [0.05, 0.1) is 23.5 Å². The molecule has 2 heterocycles. The van der Waals surface area contributed by atoms with Crippen LogP contribution in [0.15, 0.2) is 47.5 Å². The summed E-state index contributed by atoms with van der Waals surface area (Å²) in [5, 5.41) is 7.12. The first-order chi connectivity index (χ1) is 15.2. The molecule has 4 rings (SSSR count). The number of ether oxygens (including phenoxy) is 1. The Bertz CT molecular complexity index is 1050. The van der Waals surface area contributed by atoms with Crippen molar-refractivity contribution < 1.29 is 18.3 Å². The van der Waals surface area contributed by atoms with Gasteiger partial charge in [-0.25, -0.2) is 8.78 Å². The highest BCUT2D eigenvalue weighted by atomic mass is 19.2. The summed E-state index contributed by atoms with van der Waals surface area (Å²) in [7, 11) is 0. The molecular formula is C24H28F2N4O2. The van der Waals surface area contributed by atoms with Crippen LogP contribution in [0.4, 0.5) is 20.2 Å². The molecule has 1 saturated heterocycles. The highest BCUT2D eigenvalue weighted by Gasteiger charge is 2.45. The molecule has 6 nitrogen and oxygen atoms in total. The fourth-order valence-electron chi connectivity index (χ4n) is 4.10. The molecule has 1 amide bonds. The van der Waals surface area contributed by atoms with Crippen molar-refractivity contribution in [2.45, 2.75) is 44.7 Å². The molecule has 0 saturated carbocycles. The van der Waals surface area contributed by atoms with Crippen molar-refractivity contribution in [1.82, 2.24) is 4.90 Å². The lowest BCUT2D eigenvalue weighted by Crippen LogP contribution is -2.63. The van der Waals surface area contributed by atoms with Gasteiger partial charge in [0.2, 0.25) is 0 Å². The highest BCUT2D eigenvalue weighted by Crippen LogP contribution is 2.37. The lowest BCUT2D eigenvalue weighted by atomic mass is 9.84. The van der Waals surface area contributed by atoms with E-state index in [9.17, 15) is 13.6 Å². The number of benzene rings is 2. The van der Waals surface area contributed by atoms with Crippen LogP contribution in [0.2, 0.25) is 0 Å². The number of nitrogens with zero attached hydrogens (tertiary/aromatic N) is 2. The lowest BCUT2D eigenvalue weighted by Gasteiger charge is -2.47. The Balaban J connectivity index is 1.54. The van der Waals surface area contributed by atoms with Gasteiger partial charge in [-0.05, 0) is 57.9 Å². The van der Waals surface area contributed by atoms with Gasteiger partial charge in [0.25, 0.3) is 5.91 Å². The molecule has 1 spiro atoms. The van der Waals surface area contributed by atoms with Crippen LogP contribution < -0.4 is 15.4 Å². The number of para-hydroxylation sites is 2. The number of fused-ring (bicyclic) bond motifs is 1. The van der Waals surface area contributed by atoms with E-state index in [1.54, 1.807) is 4.90 Å². The van der Waals surface area contributed by atoms with E-state index in [0.717, 1.165) is 42.2 Å². The maximum absolute atomic E-state index is 13.4. The standard InChI is InChI=1S/C24H28F2N4O2/c1-23(2,3)29-22-24(28-20-8-5-4-7-19(20)27-22)11-6-12-30(15-24)21(31)14-32-16-9-10-17(25)18(26)13-16/h4-5,7-10,13,28H,6,11-12,14-15H2,1-3H3,(H,27,29)/t24-/m1/s1. The second kappa shape index (κ2) is 8.41. The van der Waals surface area contributed by atoms with E-state index in [1.165, 1.54) is 6.07 Å². The second-order valence-corrected chi connectivity index (χ2v) is 9.29. The number of likely N-dealkylation sites (tertiary alicyclic amines) is 1. The fourth-order valence-corrected chi connectivity index (χ4v) is 4.10. The molecule has 0 bridgehead atoms. The van der Waals surface area contributed by atoms with E-state index in [2.05, 4.69) is 10.6 Å². The first kappa shape index (κ1) is 22.0. The summed E-state index contributed by atoms with van der Waals surface area (Å²) in [5.41, 5.74) is 1.07. The quantitative estimate of drug-likeness (QED) is 0.738. The molecule has 0 radical (unpaired) electrons. The van der Waals surface area contributed by atoms with Gasteiger partial charge in [-0.3, -0.25) is 9.79 Å². The molecule has 170 valence electrons. The van der Waals surface area contributed by atoms with Crippen LogP contribution in [0, 0.1) is 11.6 Å². The molecule has 1 fully saturated rings. The van der Waals surface area contributed by atoms with Crippen molar-refractivity contribution in [1.29, 1.82) is 0 Å². The predicted octanol–water partition coefficient (Wildman–Crippen LogP) is 4.44. The summed E-state index contributed by atoms with van der Waals surface area (Å²) in [6.45, 7) is 6.87. The van der Waals surface area contributed by atoms with Crippen molar-refractivity contribution >= 4 is 23.1 Å². The Hall–Kier alpha value is -3.16. The smallest absolute Gasteiger partial charge is 0.260 e. The summed E-state index contributed by atoms with van der Waals surface area (Å²) < 4.78 is 32.0. The zero-order chi connectivity index (χ0) is 22.9. The molecule has 32 heavy (non-hydrogen) atoms. The summed E-state index contributed by atoms with van der Waals surface area (Å²) in [4.78, 5) is 19.6. The van der Waals surface area contributed by atoms with E-state index < -0.39 is 17.2 Å². The number of carbonyl (C=O) groups excluding carboxylic acids is 1. The van der Waals surface area contributed by atoms with Gasteiger partial charge >= 0.3 is 0 Å². The van der Waals surface area contributed by atoms with E-state index in [0.29, 0.717) is 13.1 Å². The fraction of sp³-hybridized carbons (Fsp3) is 0.417. The number of hydrogen-bond donors (Lipinski definition) is 2. The zero-order valence-electron chi connectivity index (χ0n) is 18.5. The summed E-state index contributed by atoms with van der Waals surface area (Å²) in [6, 6.07) is 11.2. The number of halogens is 2. The van der Waals surface area contributed by atoms with E-state index in [4.69, 9.17) is 9.73 Å². The van der Waals surface area contributed by atoms with Crippen LogP contribution in [0.5, 0.6) is 5.75 Å². The molecule has 2 aromatic carbocycles. The van der Waals surface area contributed by atoms with Crippen LogP contribution >= 0.6 is 0 Å². The minimum atomic E-state index is -1.01. The van der Waals surface area contributed by atoms with Gasteiger partial charge in [0.1, 0.15) is 17.1 Å². The number of aliphatic imine (C=N–C) groups is 1. The first-order valence-electron chi connectivity index (χ1n) is 10.8. The van der Waals surface area contributed by atoms with Crippen LogP contribution in [-0.4, -0.2) is 47.4 Å². The van der Waals surface area contributed by atoms with Gasteiger partial charge in [-0.1, -0.05) is 12.1 Å². The number of amides is 1. The van der Waals surface area contributed by atoms with Crippen molar-refractivity contribution in [3.63, 3.8) is 0 Å². The number of nitrogens with one attached hydrogen (secondary N) is 2. The minimum Gasteiger partial charge on any atom is -0.484 e. The number of piperidine rings is 1. The Kier molecular flexibility index (Phi) is 5.79. The molecule has 1 atom stereocenters. The zero-order valence-corrected chi connectivity index (χ0v) is 18.5. The van der Waals surface area contributed by atoms with Gasteiger partial charge in [0, 0.05) is 12.6 Å². The maximum atomic E-state index is 13.4. The molecule has 2 aliphatic rings. The highest BCUT2D eigenvalue weighted by molar-refractivity contribution is 6.10. The number of hydrogen-bond acceptors (Lipinski definition) is 4. The normalized spacial score (nSPS) is 21.7. The van der Waals surface area contributed by atoms with E-state index >= 15 is 0 Å². The molecule has 2 aromatic rings. The Morgan fingerprint density at radius 3 is 2.62 bits per heavy atom. The Labute approximate surface area is 186 Å². The third-order valence-electron chi connectivity index (χ3n) is 5.55. The summed E-state index contributed by atoms with van der Waals surface area (Å²) in [6.07, 6.45) is 1.61. The number of rotatable bonds is 3. The van der Waals surface area contributed by atoms with Crippen LogP contribution in [0.3, 0.4) is 0 Å². The van der Waals surface area contributed by atoms with E-state index in [-0.39, 0.29) is 23.8 Å². The molecule has 2 aliphatic heterocycles. The van der Waals surface area contributed by atoms with Gasteiger partial charge < -0.3 is 20.3 Å². The average molecular weight is 443 g/mol. The molecule has 0 aliphatic carbocycles. The SMILES string of the molecule is CC(C)(C)N=C1Nc2ccccc2N[C@@]12CCCN(C(=O)COc1ccc(F)c(F)c1)C2. The van der Waals surface area contributed by atoms with Crippen LogP contribution in [0.25, 0.3) is 0 Å². The number of carbonyl (C=O) groups is 1. The van der Waals surface area contributed by atoms with E-state index in [1.807, 2.05) is 45.0 Å². The third-order valence-corrected chi connectivity index (χ3v) is 5.55. The Morgan fingerprint density at radius 1 is 1.16 bits per heavy atom. The molecule has 0 unspecified atom stereocenters. The lowest BCUT2D eigenvalue weighted by molar-refractivity contribution is -0.134. The topological polar surface area (TPSA) is 66.0 Å². The minimum absolute atomic E-state index is 0.116. The largest absolute Gasteiger partial charge is 0.484 e. The summed E-state index contributed by atoms with van der Waals surface area (Å²) in [5.74, 6) is -1.26. The van der Waals surface area contributed by atoms with Crippen LogP contribution in [0.1, 0.15) is 33.6 Å². The Morgan fingerprint density at radius 2 is 1.91 bits per heavy atom. The molecular weight excluding hydrogens is 414 g/mol. The van der Waals surface area contributed by atoms with Crippen molar-refractivity contribution in [2.24, 2.45) is 4.99 Å².